The van der Waals surface area contributed by atoms with Crippen LogP contribution in [0.25, 0.3) is 16.9 Å². The number of carbonyl (C=O) groups excluding carboxylic acids is 2. The second-order valence-corrected chi connectivity index (χ2v) is 11.5. The van der Waals surface area contributed by atoms with Crippen molar-refractivity contribution in [3.63, 3.8) is 0 Å². The third-order valence-corrected chi connectivity index (χ3v) is 9.26. The molecule has 1 saturated heterocycles. The van der Waals surface area contributed by atoms with Gasteiger partial charge in [0.2, 0.25) is 11.8 Å². The molecule has 0 unspecified atom stereocenters. The number of aryl methyl sites for hydroxylation is 1. The van der Waals surface area contributed by atoms with Gasteiger partial charge in [0.25, 0.3) is 0 Å². The van der Waals surface area contributed by atoms with Crippen molar-refractivity contribution in [3.05, 3.63) is 88.1 Å². The summed E-state index contributed by atoms with van der Waals surface area (Å²) in [5, 5.41) is 7.16. The van der Waals surface area contributed by atoms with Crippen LogP contribution in [0.15, 0.2) is 72.1 Å². The monoisotopic (exact) mass is 528 g/mol. The Morgan fingerprint density at radius 2 is 1.84 bits per heavy atom. The summed E-state index contributed by atoms with van der Waals surface area (Å²) in [7, 11) is 0. The number of likely N-dealkylation sites (tertiary alicyclic amines) is 1. The summed E-state index contributed by atoms with van der Waals surface area (Å²) in [6.07, 6.45) is 2.03. The van der Waals surface area contributed by atoms with Gasteiger partial charge in [0.15, 0.2) is 0 Å². The number of rotatable bonds is 5. The Bertz CT molecular complexity index is 1430. The Morgan fingerprint density at radius 3 is 2.57 bits per heavy atom. The molecule has 2 aromatic carbocycles. The molecule has 2 aliphatic rings. The Kier molecular flexibility index (Phi) is 6.61. The Morgan fingerprint density at radius 1 is 1.03 bits per heavy atom. The SMILES string of the molecule is Cc1cccc(-n2nc(-c3ccccc3)c3c2N(CC(=O)N2CCCC2)C(=O)CS[C@@H]3c2cccs2)c1. The lowest BCUT2D eigenvalue weighted by Crippen LogP contribution is -2.43. The van der Waals surface area contributed by atoms with Crippen molar-refractivity contribution < 1.29 is 9.59 Å². The number of anilines is 1. The van der Waals surface area contributed by atoms with Crippen molar-refractivity contribution in [2.45, 2.75) is 25.0 Å². The van der Waals surface area contributed by atoms with E-state index >= 15 is 0 Å². The molecule has 4 aromatic rings. The Labute approximate surface area is 224 Å². The summed E-state index contributed by atoms with van der Waals surface area (Å²) >= 11 is 3.30. The molecule has 6 nitrogen and oxygen atoms in total. The summed E-state index contributed by atoms with van der Waals surface area (Å²) in [6, 6.07) is 22.5. The molecular formula is C29H28N4O2S2. The van der Waals surface area contributed by atoms with Gasteiger partial charge in [-0.2, -0.15) is 5.10 Å². The maximum atomic E-state index is 13.7. The van der Waals surface area contributed by atoms with Gasteiger partial charge in [0.1, 0.15) is 12.4 Å². The van der Waals surface area contributed by atoms with Crippen LogP contribution in [-0.2, 0) is 9.59 Å². The number of benzene rings is 2. The van der Waals surface area contributed by atoms with Gasteiger partial charge in [-0.25, -0.2) is 4.68 Å². The van der Waals surface area contributed by atoms with Crippen LogP contribution in [0, 0.1) is 6.92 Å². The standard InChI is InChI=1S/C29H28N4O2S2/c1-20-9-7-12-22(17-20)33-29-26(27(30-33)21-10-3-2-4-11-21)28(23-13-8-16-36-23)37-19-25(35)32(29)18-24(34)31-14-5-6-15-31/h2-4,7-13,16-17,28H,5-6,14-15,18-19H2,1H3/t28-/m1/s1. The van der Waals surface area contributed by atoms with Gasteiger partial charge >= 0.3 is 0 Å². The predicted octanol–water partition coefficient (Wildman–Crippen LogP) is 5.70. The van der Waals surface area contributed by atoms with E-state index in [2.05, 4.69) is 35.7 Å². The van der Waals surface area contributed by atoms with E-state index in [0.29, 0.717) is 11.6 Å². The number of carbonyl (C=O) groups is 2. The van der Waals surface area contributed by atoms with Gasteiger partial charge in [0, 0.05) is 29.1 Å². The highest BCUT2D eigenvalue weighted by atomic mass is 32.2. The number of hydrogen-bond acceptors (Lipinski definition) is 5. The van der Waals surface area contributed by atoms with Crippen LogP contribution < -0.4 is 4.90 Å². The molecule has 2 aromatic heterocycles. The summed E-state index contributed by atoms with van der Waals surface area (Å²) < 4.78 is 1.88. The molecule has 0 bridgehead atoms. The number of nitrogens with zero attached hydrogens (tertiary/aromatic N) is 4. The first kappa shape index (κ1) is 24.0. The molecule has 6 rings (SSSR count). The molecule has 188 valence electrons. The molecular weight excluding hydrogens is 500 g/mol. The van der Waals surface area contributed by atoms with Gasteiger partial charge < -0.3 is 4.90 Å². The van der Waals surface area contributed by atoms with Crippen molar-refractivity contribution >= 4 is 40.7 Å². The highest BCUT2D eigenvalue weighted by molar-refractivity contribution is 8.00. The lowest BCUT2D eigenvalue weighted by atomic mass is 10.0. The number of hydrogen-bond donors (Lipinski definition) is 0. The number of fused-ring (bicyclic) bond motifs is 1. The van der Waals surface area contributed by atoms with Gasteiger partial charge in [-0.05, 0) is 48.9 Å². The van der Waals surface area contributed by atoms with E-state index in [1.165, 1.54) is 4.88 Å². The fraction of sp³-hybridized carbons (Fsp3) is 0.276. The maximum absolute atomic E-state index is 13.7. The molecule has 0 N–H and O–H groups in total. The molecule has 37 heavy (non-hydrogen) atoms. The minimum atomic E-state index is -0.0698. The fourth-order valence-electron chi connectivity index (χ4n) is 5.14. The largest absolute Gasteiger partial charge is 0.341 e. The van der Waals surface area contributed by atoms with Crippen molar-refractivity contribution in [1.82, 2.24) is 14.7 Å². The Hall–Kier alpha value is -3.36. The highest BCUT2D eigenvalue weighted by Crippen LogP contribution is 2.49. The molecule has 8 heteroatoms. The van der Waals surface area contributed by atoms with Gasteiger partial charge in [-0.1, -0.05) is 48.5 Å². The Balaban J connectivity index is 1.60. The van der Waals surface area contributed by atoms with Crippen molar-refractivity contribution in [1.29, 1.82) is 0 Å². The van der Waals surface area contributed by atoms with Crippen molar-refractivity contribution in [2.24, 2.45) is 0 Å². The first-order valence-electron chi connectivity index (χ1n) is 12.6. The number of thioether (sulfide) groups is 1. The van der Waals surface area contributed by atoms with Crippen LogP contribution in [0.5, 0.6) is 0 Å². The van der Waals surface area contributed by atoms with Gasteiger partial charge in [-0.15, -0.1) is 23.1 Å². The van der Waals surface area contributed by atoms with Crippen LogP contribution in [0.2, 0.25) is 0 Å². The summed E-state index contributed by atoms with van der Waals surface area (Å²) in [5.41, 5.74) is 4.80. The van der Waals surface area contributed by atoms with Crippen LogP contribution in [-0.4, -0.2) is 51.9 Å². The molecule has 1 atom stereocenters. The van der Waals surface area contributed by atoms with Crippen LogP contribution in [0.4, 0.5) is 5.82 Å². The molecule has 2 amide bonds. The number of aromatic nitrogens is 2. The van der Waals surface area contributed by atoms with E-state index in [4.69, 9.17) is 5.10 Å². The zero-order valence-electron chi connectivity index (χ0n) is 20.7. The van der Waals surface area contributed by atoms with E-state index in [9.17, 15) is 9.59 Å². The second-order valence-electron chi connectivity index (χ2n) is 9.48. The van der Waals surface area contributed by atoms with Crippen molar-refractivity contribution in [3.8, 4) is 16.9 Å². The maximum Gasteiger partial charge on any atom is 0.242 e. The summed E-state index contributed by atoms with van der Waals surface area (Å²) in [4.78, 5) is 31.9. The molecule has 1 fully saturated rings. The first-order valence-corrected chi connectivity index (χ1v) is 14.5. The summed E-state index contributed by atoms with van der Waals surface area (Å²) in [5.74, 6) is 0.929. The summed E-state index contributed by atoms with van der Waals surface area (Å²) in [6.45, 7) is 3.59. The smallest absolute Gasteiger partial charge is 0.242 e. The zero-order valence-corrected chi connectivity index (χ0v) is 22.3. The molecule has 0 aliphatic carbocycles. The molecule has 0 saturated carbocycles. The molecule has 2 aliphatic heterocycles. The van der Waals surface area contributed by atoms with E-state index in [-0.39, 0.29) is 23.6 Å². The van der Waals surface area contributed by atoms with Crippen molar-refractivity contribution in [2.75, 3.05) is 30.3 Å². The number of amides is 2. The topological polar surface area (TPSA) is 58.4 Å². The van der Waals surface area contributed by atoms with Crippen LogP contribution in [0.1, 0.15) is 34.1 Å². The highest BCUT2D eigenvalue weighted by Gasteiger charge is 2.38. The third-order valence-electron chi connectivity index (χ3n) is 6.94. The van der Waals surface area contributed by atoms with Crippen LogP contribution >= 0.6 is 23.1 Å². The average Bonchev–Trinajstić information content (AvgIpc) is 3.69. The molecule has 4 heterocycles. The van der Waals surface area contributed by atoms with E-state index in [1.807, 2.05) is 52.9 Å². The lowest BCUT2D eigenvalue weighted by Gasteiger charge is -2.25. The van der Waals surface area contributed by atoms with Gasteiger partial charge in [-0.3, -0.25) is 14.5 Å². The van der Waals surface area contributed by atoms with Crippen LogP contribution in [0.3, 0.4) is 0 Å². The molecule has 0 radical (unpaired) electrons. The quantitative estimate of drug-likeness (QED) is 0.333. The number of thiophene rings is 1. The minimum absolute atomic E-state index is 0.00498. The van der Waals surface area contributed by atoms with Gasteiger partial charge in [0.05, 0.1) is 22.4 Å². The normalized spacial score (nSPS) is 17.6. The van der Waals surface area contributed by atoms with E-state index in [1.54, 1.807) is 28.0 Å². The predicted molar refractivity (Wildman–Crippen MR) is 151 cm³/mol. The molecule has 0 spiro atoms. The third kappa shape index (κ3) is 4.60. The van der Waals surface area contributed by atoms with E-state index < -0.39 is 0 Å². The lowest BCUT2D eigenvalue weighted by molar-refractivity contribution is -0.130. The zero-order chi connectivity index (χ0) is 25.4. The average molecular weight is 529 g/mol. The first-order chi connectivity index (χ1) is 18.1. The van der Waals surface area contributed by atoms with E-state index in [0.717, 1.165) is 54.0 Å². The second kappa shape index (κ2) is 10.2. The fourth-order valence-corrected chi connectivity index (χ4v) is 7.31. The minimum Gasteiger partial charge on any atom is -0.341 e.